The number of nitrogens with zero attached hydrogens (tertiary/aromatic N) is 2. The van der Waals surface area contributed by atoms with Gasteiger partial charge in [0.1, 0.15) is 5.82 Å². The van der Waals surface area contributed by atoms with E-state index in [2.05, 4.69) is 11.0 Å². The average Bonchev–Trinajstić information content (AvgIpc) is 2.84. The zero-order valence-electron chi connectivity index (χ0n) is 14.6. The molecule has 1 amide bonds. The first-order chi connectivity index (χ1) is 12.6. The predicted molar refractivity (Wildman–Crippen MR) is 97.4 cm³/mol. The average molecular weight is 354 g/mol. The van der Waals surface area contributed by atoms with Gasteiger partial charge in [0, 0.05) is 37.8 Å². The fourth-order valence-electron chi connectivity index (χ4n) is 4.13. The van der Waals surface area contributed by atoms with Crippen molar-refractivity contribution in [1.82, 2.24) is 9.80 Å². The van der Waals surface area contributed by atoms with E-state index < -0.39 is 6.10 Å². The van der Waals surface area contributed by atoms with Gasteiger partial charge in [0.25, 0.3) is 5.91 Å². The van der Waals surface area contributed by atoms with Gasteiger partial charge in [0.2, 0.25) is 0 Å². The molecule has 2 atom stereocenters. The molecule has 2 unspecified atom stereocenters. The van der Waals surface area contributed by atoms with Gasteiger partial charge in [-0.15, -0.1) is 0 Å². The molecule has 1 saturated heterocycles. The van der Waals surface area contributed by atoms with E-state index in [0.717, 1.165) is 31.5 Å². The lowest BCUT2D eigenvalue weighted by Crippen LogP contribution is -2.41. The second-order valence-electron chi connectivity index (χ2n) is 7.10. The molecule has 0 aromatic heterocycles. The highest BCUT2D eigenvalue weighted by atomic mass is 19.1. The molecule has 2 aliphatic rings. The smallest absolute Gasteiger partial charge is 0.253 e. The Kier molecular flexibility index (Phi) is 4.74. The van der Waals surface area contributed by atoms with E-state index in [1.54, 1.807) is 0 Å². The summed E-state index contributed by atoms with van der Waals surface area (Å²) in [6.07, 6.45) is 1.25. The summed E-state index contributed by atoms with van der Waals surface area (Å²) in [5, 5.41) is 10.7. The van der Waals surface area contributed by atoms with Gasteiger partial charge in [-0.2, -0.15) is 0 Å². The highest BCUT2D eigenvalue weighted by Crippen LogP contribution is 2.34. The third-order valence-corrected chi connectivity index (χ3v) is 5.55. The third-order valence-electron chi connectivity index (χ3n) is 5.55. The number of amides is 1. The van der Waals surface area contributed by atoms with Crippen molar-refractivity contribution < 1.29 is 14.3 Å². The standard InChI is InChI=1S/C21H23FN2O2/c22-17-8-6-15(7-9-17)21(26)24-11-3-10-23(12-13-24)19-14-16-4-1-2-5-18(16)20(19)25/h1-2,4-9,19-20,25H,3,10-14H2. The fourth-order valence-corrected chi connectivity index (χ4v) is 4.13. The molecule has 0 bridgehead atoms. The molecule has 0 spiro atoms. The van der Waals surface area contributed by atoms with Crippen molar-refractivity contribution in [2.75, 3.05) is 26.2 Å². The Bertz CT molecular complexity index is 793. The quantitative estimate of drug-likeness (QED) is 0.902. The van der Waals surface area contributed by atoms with Crippen LogP contribution in [-0.4, -0.2) is 53.0 Å². The minimum absolute atomic E-state index is 0.0536. The van der Waals surface area contributed by atoms with Gasteiger partial charge in [-0.05, 0) is 48.2 Å². The number of halogens is 1. The van der Waals surface area contributed by atoms with Crippen molar-refractivity contribution in [3.05, 3.63) is 71.0 Å². The molecule has 1 fully saturated rings. The maximum Gasteiger partial charge on any atom is 0.253 e. The molecule has 136 valence electrons. The maximum atomic E-state index is 13.1. The number of carbonyl (C=O) groups excluding carboxylic acids is 1. The summed E-state index contributed by atoms with van der Waals surface area (Å²) in [7, 11) is 0. The van der Waals surface area contributed by atoms with Crippen LogP contribution in [-0.2, 0) is 6.42 Å². The van der Waals surface area contributed by atoms with Crippen molar-refractivity contribution in [1.29, 1.82) is 0 Å². The van der Waals surface area contributed by atoms with Crippen LogP contribution in [0.3, 0.4) is 0 Å². The molecule has 26 heavy (non-hydrogen) atoms. The van der Waals surface area contributed by atoms with Gasteiger partial charge in [-0.25, -0.2) is 4.39 Å². The lowest BCUT2D eigenvalue weighted by Gasteiger charge is -2.30. The summed E-state index contributed by atoms with van der Waals surface area (Å²) in [6.45, 7) is 2.91. The second kappa shape index (κ2) is 7.17. The van der Waals surface area contributed by atoms with Crippen LogP contribution < -0.4 is 0 Å². The van der Waals surface area contributed by atoms with Gasteiger partial charge >= 0.3 is 0 Å². The summed E-state index contributed by atoms with van der Waals surface area (Å²) in [4.78, 5) is 16.8. The zero-order valence-corrected chi connectivity index (χ0v) is 14.6. The second-order valence-corrected chi connectivity index (χ2v) is 7.10. The van der Waals surface area contributed by atoms with Gasteiger partial charge in [0.15, 0.2) is 0 Å². The minimum Gasteiger partial charge on any atom is -0.387 e. The first-order valence-electron chi connectivity index (χ1n) is 9.18. The Morgan fingerprint density at radius 2 is 1.77 bits per heavy atom. The van der Waals surface area contributed by atoms with Gasteiger partial charge in [-0.3, -0.25) is 9.69 Å². The van der Waals surface area contributed by atoms with Crippen LogP contribution in [0.2, 0.25) is 0 Å². The topological polar surface area (TPSA) is 43.8 Å². The monoisotopic (exact) mass is 354 g/mol. The van der Waals surface area contributed by atoms with Gasteiger partial charge in [0.05, 0.1) is 6.10 Å². The molecule has 4 rings (SSSR count). The number of aliphatic hydroxyl groups is 1. The molecule has 1 heterocycles. The number of benzene rings is 2. The Balaban J connectivity index is 1.43. The van der Waals surface area contributed by atoms with E-state index >= 15 is 0 Å². The van der Waals surface area contributed by atoms with Crippen LogP contribution in [0.4, 0.5) is 4.39 Å². The molecule has 0 saturated carbocycles. The van der Waals surface area contributed by atoms with E-state index in [1.807, 2.05) is 23.1 Å². The lowest BCUT2D eigenvalue weighted by atomic mass is 10.1. The van der Waals surface area contributed by atoms with Crippen LogP contribution in [0.25, 0.3) is 0 Å². The van der Waals surface area contributed by atoms with Gasteiger partial charge in [-0.1, -0.05) is 24.3 Å². The lowest BCUT2D eigenvalue weighted by molar-refractivity contribution is 0.0605. The fraction of sp³-hybridized carbons (Fsp3) is 0.381. The first-order valence-corrected chi connectivity index (χ1v) is 9.18. The number of fused-ring (bicyclic) bond motifs is 1. The first kappa shape index (κ1) is 17.2. The van der Waals surface area contributed by atoms with Crippen molar-refractivity contribution in [3.8, 4) is 0 Å². The largest absolute Gasteiger partial charge is 0.387 e. The summed E-state index contributed by atoms with van der Waals surface area (Å²) < 4.78 is 13.1. The number of rotatable bonds is 2. The van der Waals surface area contributed by atoms with E-state index in [-0.39, 0.29) is 17.8 Å². The SMILES string of the molecule is O=C(c1ccc(F)cc1)N1CCCN(C2Cc3ccccc3C2O)CC1. The van der Waals surface area contributed by atoms with Crippen LogP contribution >= 0.6 is 0 Å². The highest BCUT2D eigenvalue weighted by Gasteiger charge is 2.35. The molecule has 2 aromatic carbocycles. The number of carbonyl (C=O) groups is 1. The molecular formula is C21H23FN2O2. The van der Waals surface area contributed by atoms with Crippen molar-refractivity contribution in [3.63, 3.8) is 0 Å². The van der Waals surface area contributed by atoms with E-state index in [4.69, 9.17) is 0 Å². The molecule has 2 aromatic rings. The molecule has 5 heteroatoms. The number of aliphatic hydroxyl groups excluding tert-OH is 1. The Hall–Kier alpha value is -2.24. The van der Waals surface area contributed by atoms with Gasteiger partial charge < -0.3 is 10.0 Å². The third kappa shape index (κ3) is 3.24. The van der Waals surface area contributed by atoms with Crippen molar-refractivity contribution in [2.24, 2.45) is 0 Å². The maximum absolute atomic E-state index is 13.1. The predicted octanol–water partition coefficient (Wildman–Crippen LogP) is 2.63. The minimum atomic E-state index is -0.467. The van der Waals surface area contributed by atoms with E-state index in [1.165, 1.54) is 29.8 Å². The summed E-state index contributed by atoms with van der Waals surface area (Å²) >= 11 is 0. The van der Waals surface area contributed by atoms with Crippen molar-refractivity contribution in [2.45, 2.75) is 25.0 Å². The molecule has 4 nitrogen and oxygen atoms in total. The van der Waals surface area contributed by atoms with Crippen molar-refractivity contribution >= 4 is 5.91 Å². The van der Waals surface area contributed by atoms with Crippen LogP contribution in [0, 0.1) is 5.82 Å². The summed E-state index contributed by atoms with van der Waals surface area (Å²) in [5.74, 6) is -0.388. The molecule has 0 radical (unpaired) electrons. The normalized spacial score (nSPS) is 23.5. The zero-order chi connectivity index (χ0) is 18.1. The Morgan fingerprint density at radius 3 is 2.54 bits per heavy atom. The summed E-state index contributed by atoms with van der Waals surface area (Å²) in [5.41, 5.74) is 2.77. The Morgan fingerprint density at radius 1 is 1.00 bits per heavy atom. The number of hydrogen-bond acceptors (Lipinski definition) is 3. The van der Waals surface area contributed by atoms with Crippen LogP contribution in [0.15, 0.2) is 48.5 Å². The van der Waals surface area contributed by atoms with E-state index in [0.29, 0.717) is 18.7 Å². The van der Waals surface area contributed by atoms with E-state index in [9.17, 15) is 14.3 Å². The summed E-state index contributed by atoms with van der Waals surface area (Å²) in [6, 6.07) is 13.9. The Labute approximate surface area is 152 Å². The van der Waals surface area contributed by atoms with Crippen LogP contribution in [0.1, 0.15) is 34.0 Å². The molecular weight excluding hydrogens is 331 g/mol. The molecule has 1 aliphatic carbocycles. The molecule has 1 aliphatic heterocycles. The molecule has 1 N–H and O–H groups in total. The highest BCUT2D eigenvalue weighted by molar-refractivity contribution is 5.94. The van der Waals surface area contributed by atoms with Crippen LogP contribution in [0.5, 0.6) is 0 Å². The number of hydrogen-bond donors (Lipinski definition) is 1.